The molecule has 0 aliphatic heterocycles. The normalized spacial score (nSPS) is 12.1. The molecule has 2 rings (SSSR count). The van der Waals surface area contributed by atoms with Gasteiger partial charge in [-0.3, -0.25) is 10.1 Å². The second-order valence-electron chi connectivity index (χ2n) is 4.96. The summed E-state index contributed by atoms with van der Waals surface area (Å²) in [5.74, 6) is 0.729. The second kappa shape index (κ2) is 7.88. The highest BCUT2D eigenvalue weighted by Gasteiger charge is 2.10. The van der Waals surface area contributed by atoms with Crippen LogP contribution >= 0.6 is 11.3 Å². The Hall–Kier alpha value is -1.96. The van der Waals surface area contributed by atoms with Crippen LogP contribution in [0, 0.1) is 17.0 Å². The Bertz CT molecular complexity index is 630. The minimum absolute atomic E-state index is 0.125. The molecule has 2 N–H and O–H groups in total. The second-order valence-corrected chi connectivity index (χ2v) is 5.85. The van der Waals surface area contributed by atoms with Crippen LogP contribution in [0.25, 0.3) is 0 Å². The van der Waals surface area contributed by atoms with E-state index >= 15 is 0 Å². The van der Waals surface area contributed by atoms with Crippen LogP contribution in [0.2, 0.25) is 0 Å². The Kier molecular flexibility index (Phi) is 5.88. The van der Waals surface area contributed by atoms with Gasteiger partial charge in [-0.25, -0.2) is 0 Å². The molecule has 0 bridgehead atoms. The Labute approximate surface area is 132 Å². The van der Waals surface area contributed by atoms with Gasteiger partial charge < -0.3 is 15.2 Å². The Morgan fingerprint density at radius 2 is 2.27 bits per heavy atom. The van der Waals surface area contributed by atoms with E-state index in [0.29, 0.717) is 13.1 Å². The molecule has 0 radical (unpaired) electrons. The van der Waals surface area contributed by atoms with Crippen molar-refractivity contribution in [1.29, 1.82) is 0 Å². The van der Waals surface area contributed by atoms with E-state index in [0.717, 1.165) is 28.2 Å². The molecule has 0 saturated carbocycles. The van der Waals surface area contributed by atoms with Gasteiger partial charge in [0, 0.05) is 24.5 Å². The van der Waals surface area contributed by atoms with Gasteiger partial charge >= 0.3 is 5.00 Å². The highest BCUT2D eigenvalue weighted by atomic mass is 32.1. The van der Waals surface area contributed by atoms with Crippen molar-refractivity contribution in [2.45, 2.75) is 19.6 Å². The molecule has 0 amide bonds. The van der Waals surface area contributed by atoms with Crippen molar-refractivity contribution in [1.82, 2.24) is 5.32 Å². The number of aliphatic hydroxyl groups is 1. The van der Waals surface area contributed by atoms with E-state index in [2.05, 4.69) is 5.32 Å². The molecule has 0 aliphatic rings. The molecule has 7 heteroatoms. The van der Waals surface area contributed by atoms with E-state index < -0.39 is 11.0 Å². The molecule has 0 aliphatic carbocycles. The predicted molar refractivity (Wildman–Crippen MR) is 85.4 cm³/mol. The number of nitro groups is 1. The first-order valence-electron chi connectivity index (χ1n) is 6.84. The van der Waals surface area contributed by atoms with Crippen LogP contribution in [0.4, 0.5) is 5.00 Å². The number of aliphatic hydroxyl groups excluding tert-OH is 1. The van der Waals surface area contributed by atoms with Gasteiger partial charge in [0.25, 0.3) is 0 Å². The lowest BCUT2D eigenvalue weighted by atomic mass is 10.2. The number of rotatable bonds is 8. The standard InChI is InChI=1S/C15H18N2O4S/c1-11-3-2-4-14(5-11)21-9-13(18)8-16-7-12-6-15(17(19)20)22-10-12/h2-6,10,13,16,18H,7-9H2,1H3. The third-order valence-electron chi connectivity index (χ3n) is 2.96. The molecule has 1 aromatic heterocycles. The number of ether oxygens (including phenoxy) is 1. The van der Waals surface area contributed by atoms with Gasteiger partial charge in [0.1, 0.15) is 18.5 Å². The van der Waals surface area contributed by atoms with Crippen LogP contribution < -0.4 is 10.1 Å². The number of benzene rings is 1. The van der Waals surface area contributed by atoms with Crippen molar-refractivity contribution in [3.8, 4) is 5.75 Å². The van der Waals surface area contributed by atoms with Crippen molar-refractivity contribution in [3.05, 3.63) is 57.0 Å². The van der Waals surface area contributed by atoms with Crippen LogP contribution in [0.15, 0.2) is 35.7 Å². The third kappa shape index (κ3) is 5.10. The number of hydrogen-bond donors (Lipinski definition) is 2. The molecule has 1 atom stereocenters. The summed E-state index contributed by atoms with van der Waals surface area (Å²) in [5, 5.41) is 25.4. The third-order valence-corrected chi connectivity index (χ3v) is 3.89. The zero-order valence-corrected chi connectivity index (χ0v) is 13.0. The van der Waals surface area contributed by atoms with E-state index in [1.54, 1.807) is 5.38 Å². The van der Waals surface area contributed by atoms with Gasteiger partial charge in [-0.1, -0.05) is 23.5 Å². The number of hydrogen-bond acceptors (Lipinski definition) is 6. The van der Waals surface area contributed by atoms with Gasteiger partial charge in [-0.15, -0.1) is 0 Å². The molecular weight excluding hydrogens is 304 g/mol. The molecule has 22 heavy (non-hydrogen) atoms. The van der Waals surface area contributed by atoms with Crippen LogP contribution in [0.5, 0.6) is 5.75 Å². The summed E-state index contributed by atoms with van der Waals surface area (Å²) in [7, 11) is 0. The van der Waals surface area contributed by atoms with Crippen molar-refractivity contribution in [3.63, 3.8) is 0 Å². The molecule has 1 unspecified atom stereocenters. The molecule has 2 aromatic rings. The molecule has 1 aromatic carbocycles. The van der Waals surface area contributed by atoms with Crippen molar-refractivity contribution in [2.75, 3.05) is 13.2 Å². The summed E-state index contributed by atoms with van der Waals surface area (Å²) in [6.45, 7) is 3.01. The highest BCUT2D eigenvalue weighted by molar-refractivity contribution is 7.13. The van der Waals surface area contributed by atoms with Crippen molar-refractivity contribution < 1.29 is 14.8 Å². The maximum Gasteiger partial charge on any atom is 0.324 e. The van der Waals surface area contributed by atoms with Crippen LogP contribution in [-0.2, 0) is 6.54 Å². The summed E-state index contributed by atoms with van der Waals surface area (Å²) in [6, 6.07) is 9.17. The smallest absolute Gasteiger partial charge is 0.324 e. The summed E-state index contributed by atoms with van der Waals surface area (Å²) in [4.78, 5) is 10.2. The van der Waals surface area contributed by atoms with E-state index in [4.69, 9.17) is 4.74 Å². The number of nitrogens with zero attached hydrogens (tertiary/aromatic N) is 1. The summed E-state index contributed by atoms with van der Waals surface area (Å²) in [5.41, 5.74) is 1.94. The first kappa shape index (κ1) is 16.4. The molecule has 118 valence electrons. The molecular formula is C15H18N2O4S. The minimum Gasteiger partial charge on any atom is -0.491 e. The molecule has 0 fully saturated rings. The summed E-state index contributed by atoms with van der Waals surface area (Å²) < 4.78 is 5.51. The van der Waals surface area contributed by atoms with Crippen LogP contribution in [-0.4, -0.2) is 29.3 Å². The first-order valence-corrected chi connectivity index (χ1v) is 7.72. The molecule has 6 nitrogen and oxygen atoms in total. The topological polar surface area (TPSA) is 84.6 Å². The maximum atomic E-state index is 10.6. The largest absolute Gasteiger partial charge is 0.491 e. The zero-order valence-electron chi connectivity index (χ0n) is 12.2. The summed E-state index contributed by atoms with van der Waals surface area (Å²) in [6.07, 6.45) is -0.644. The maximum absolute atomic E-state index is 10.6. The lowest BCUT2D eigenvalue weighted by Crippen LogP contribution is -2.31. The van der Waals surface area contributed by atoms with Gasteiger partial charge in [-0.2, -0.15) is 0 Å². The van der Waals surface area contributed by atoms with Gasteiger partial charge in [0.05, 0.1) is 4.92 Å². The number of thiophene rings is 1. The first-order chi connectivity index (χ1) is 10.5. The van der Waals surface area contributed by atoms with Crippen molar-refractivity contribution in [2.24, 2.45) is 0 Å². The van der Waals surface area contributed by atoms with Gasteiger partial charge in [0.15, 0.2) is 0 Å². The van der Waals surface area contributed by atoms with E-state index in [1.807, 2.05) is 31.2 Å². The lowest BCUT2D eigenvalue weighted by molar-refractivity contribution is -0.380. The molecule has 1 heterocycles. The fraction of sp³-hybridized carbons (Fsp3) is 0.333. The Balaban J connectivity index is 1.69. The lowest BCUT2D eigenvalue weighted by Gasteiger charge is -2.13. The average molecular weight is 322 g/mol. The van der Waals surface area contributed by atoms with Crippen LogP contribution in [0.3, 0.4) is 0 Å². The summed E-state index contributed by atoms with van der Waals surface area (Å²) >= 11 is 1.10. The fourth-order valence-electron chi connectivity index (χ4n) is 1.89. The monoisotopic (exact) mass is 322 g/mol. The minimum atomic E-state index is -0.644. The number of aryl methyl sites for hydroxylation is 1. The highest BCUT2D eigenvalue weighted by Crippen LogP contribution is 2.22. The molecule has 0 saturated heterocycles. The number of nitrogens with one attached hydrogen (secondary N) is 1. The quantitative estimate of drug-likeness (QED) is 0.576. The fourth-order valence-corrected chi connectivity index (χ4v) is 2.62. The Morgan fingerprint density at radius 1 is 1.45 bits per heavy atom. The SMILES string of the molecule is Cc1cccc(OCC(O)CNCc2csc([N+](=O)[O-])c2)c1. The van der Waals surface area contributed by atoms with Crippen molar-refractivity contribution >= 4 is 16.3 Å². The van der Waals surface area contributed by atoms with E-state index in [-0.39, 0.29) is 11.6 Å². The Morgan fingerprint density at radius 3 is 2.95 bits per heavy atom. The van der Waals surface area contributed by atoms with Crippen LogP contribution in [0.1, 0.15) is 11.1 Å². The zero-order chi connectivity index (χ0) is 15.9. The van der Waals surface area contributed by atoms with Gasteiger partial charge in [-0.05, 0) is 30.2 Å². The average Bonchev–Trinajstić information content (AvgIpc) is 2.94. The van der Waals surface area contributed by atoms with Gasteiger partial charge in [0.2, 0.25) is 0 Å². The molecule has 0 spiro atoms. The van der Waals surface area contributed by atoms with E-state index in [1.165, 1.54) is 6.07 Å². The van der Waals surface area contributed by atoms with E-state index in [9.17, 15) is 15.2 Å². The predicted octanol–water partition coefficient (Wildman–Crippen LogP) is 2.49.